The predicted molar refractivity (Wildman–Crippen MR) is 142 cm³/mol. The Balaban J connectivity index is 0.000000566. The number of pyridine rings is 2. The molecule has 0 spiro atoms. The zero-order chi connectivity index (χ0) is 32.2. The Morgan fingerprint density at radius 2 is 1.61 bits per heavy atom. The number of alkyl halides is 5. The fourth-order valence-corrected chi connectivity index (χ4v) is 5.09. The minimum absolute atomic E-state index is 0.0742. The Bertz CT molecular complexity index is 1520. The summed E-state index contributed by atoms with van der Waals surface area (Å²) in [6, 6.07) is 5.20. The Morgan fingerprint density at radius 3 is 2.20 bits per heavy atom. The van der Waals surface area contributed by atoms with Gasteiger partial charge < -0.3 is 15.7 Å². The summed E-state index contributed by atoms with van der Waals surface area (Å²) < 4.78 is 103. The lowest BCUT2D eigenvalue weighted by Gasteiger charge is -2.29. The molecule has 1 aromatic carbocycles. The highest BCUT2D eigenvalue weighted by molar-refractivity contribution is 6.06. The second-order valence-corrected chi connectivity index (χ2v) is 10.4. The zero-order valence-electron chi connectivity index (χ0n) is 22.8. The third kappa shape index (κ3) is 7.87. The van der Waals surface area contributed by atoms with E-state index >= 15 is 0 Å². The summed E-state index contributed by atoms with van der Waals surface area (Å²) in [6.07, 6.45) is -1.31. The molecule has 3 N–H and O–H groups in total. The minimum Gasteiger partial charge on any atom is -0.475 e. The molecule has 236 valence electrons. The molecule has 15 heteroatoms. The number of aromatic nitrogens is 2. The topological polar surface area (TPSA) is 104 Å². The van der Waals surface area contributed by atoms with Crippen LogP contribution in [0.2, 0.25) is 0 Å². The number of hydrogen-bond acceptors (Lipinski definition) is 5. The molecule has 1 saturated carbocycles. The number of anilines is 1. The van der Waals surface area contributed by atoms with Crippen LogP contribution >= 0.6 is 0 Å². The van der Waals surface area contributed by atoms with E-state index in [0.717, 1.165) is 43.7 Å². The van der Waals surface area contributed by atoms with Crippen molar-refractivity contribution in [2.45, 2.75) is 62.6 Å². The van der Waals surface area contributed by atoms with E-state index in [1.54, 1.807) is 0 Å². The summed E-state index contributed by atoms with van der Waals surface area (Å²) in [7, 11) is 0. The third-order valence-electron chi connectivity index (χ3n) is 7.31. The highest BCUT2D eigenvalue weighted by atomic mass is 19.4. The number of nitrogens with zero attached hydrogens (tertiary/aromatic N) is 2. The van der Waals surface area contributed by atoms with Crippen molar-refractivity contribution >= 4 is 17.6 Å². The van der Waals surface area contributed by atoms with Gasteiger partial charge in [-0.15, -0.1) is 0 Å². The second-order valence-electron chi connectivity index (χ2n) is 10.4. The number of halogens is 8. The van der Waals surface area contributed by atoms with E-state index in [9.17, 15) is 39.9 Å². The molecule has 1 atom stereocenters. The van der Waals surface area contributed by atoms with Crippen molar-refractivity contribution in [2.75, 3.05) is 11.9 Å². The number of amides is 1. The highest BCUT2D eigenvalue weighted by Crippen LogP contribution is 2.44. The number of carboxylic acid groups (broad SMARTS) is 1. The van der Waals surface area contributed by atoms with Crippen LogP contribution in [-0.2, 0) is 4.79 Å². The molecule has 2 aromatic heterocycles. The molecular weight excluding hydrogens is 604 g/mol. The second kappa shape index (κ2) is 13.2. The van der Waals surface area contributed by atoms with Gasteiger partial charge in [0.05, 0.1) is 28.7 Å². The summed E-state index contributed by atoms with van der Waals surface area (Å²) >= 11 is 0. The number of carbonyl (C=O) groups excluding carboxylic acids is 1. The van der Waals surface area contributed by atoms with Crippen molar-refractivity contribution in [1.82, 2.24) is 15.3 Å². The van der Waals surface area contributed by atoms with Gasteiger partial charge in [0.25, 0.3) is 5.91 Å². The monoisotopic (exact) mass is 630 g/mol. The van der Waals surface area contributed by atoms with Crippen LogP contribution in [0.15, 0.2) is 42.7 Å². The smallest absolute Gasteiger partial charge is 0.475 e. The van der Waals surface area contributed by atoms with E-state index in [4.69, 9.17) is 9.90 Å². The normalized spacial score (nSPS) is 18.3. The van der Waals surface area contributed by atoms with E-state index in [1.807, 2.05) is 0 Å². The van der Waals surface area contributed by atoms with Gasteiger partial charge in [-0.25, -0.2) is 26.7 Å². The van der Waals surface area contributed by atoms with E-state index in [1.165, 1.54) is 18.5 Å². The molecule has 1 unspecified atom stereocenters. The number of aliphatic carboxylic acids is 1. The quantitative estimate of drug-likeness (QED) is 0.259. The predicted octanol–water partition coefficient (Wildman–Crippen LogP) is 7.16. The van der Waals surface area contributed by atoms with Crippen LogP contribution < -0.4 is 10.6 Å². The summed E-state index contributed by atoms with van der Waals surface area (Å²) in [5.74, 6) is -8.76. The first-order chi connectivity index (χ1) is 20.7. The molecule has 0 bridgehead atoms. The Labute approximate surface area is 245 Å². The molecule has 1 aliphatic carbocycles. The summed E-state index contributed by atoms with van der Waals surface area (Å²) in [4.78, 5) is 30.6. The van der Waals surface area contributed by atoms with Crippen LogP contribution in [0.5, 0.6) is 0 Å². The van der Waals surface area contributed by atoms with Gasteiger partial charge in [-0.2, -0.15) is 13.2 Å². The van der Waals surface area contributed by atoms with Crippen molar-refractivity contribution in [3.05, 3.63) is 77.1 Å². The number of carboxylic acids is 1. The van der Waals surface area contributed by atoms with Gasteiger partial charge in [-0.05, 0) is 62.6 Å². The Hall–Kier alpha value is -4.14. The van der Waals surface area contributed by atoms with Crippen molar-refractivity contribution in [1.29, 1.82) is 0 Å². The molecule has 2 aliphatic rings. The summed E-state index contributed by atoms with van der Waals surface area (Å²) in [5, 5.41) is 13.0. The lowest BCUT2D eigenvalue weighted by atomic mass is 9.83. The van der Waals surface area contributed by atoms with E-state index < -0.39 is 47.3 Å². The van der Waals surface area contributed by atoms with E-state index in [2.05, 4.69) is 20.6 Å². The highest BCUT2D eigenvalue weighted by Gasteiger charge is 2.38. The van der Waals surface area contributed by atoms with Crippen molar-refractivity contribution in [3.8, 4) is 11.1 Å². The summed E-state index contributed by atoms with van der Waals surface area (Å²) in [5.41, 5.74) is 0.552. The van der Waals surface area contributed by atoms with Gasteiger partial charge in [-0.3, -0.25) is 14.8 Å². The van der Waals surface area contributed by atoms with Crippen LogP contribution in [0.4, 0.5) is 40.8 Å². The fraction of sp³-hybridized carbons (Fsp3) is 0.379. The van der Waals surface area contributed by atoms with Crippen molar-refractivity contribution < 1.29 is 49.8 Å². The molecule has 7 nitrogen and oxygen atoms in total. The number of carbonyl (C=O) groups is 2. The maximum atomic E-state index is 14.8. The van der Waals surface area contributed by atoms with Gasteiger partial charge in [0, 0.05) is 42.3 Å². The number of rotatable bonds is 5. The number of hydrogen-bond donors (Lipinski definition) is 3. The Morgan fingerprint density at radius 1 is 0.932 bits per heavy atom. The lowest BCUT2D eigenvalue weighted by Crippen LogP contribution is -2.25. The SMILES string of the molecule is O=C(Nc1c(-c2cc(F)ccc2F)ccnc1C1CCC(F)(F)CC1)c1cnc(C2CCCN2)c(F)c1.O=C(O)C(F)(F)F. The first-order valence-electron chi connectivity index (χ1n) is 13.5. The molecule has 1 amide bonds. The van der Waals surface area contributed by atoms with Crippen LogP contribution in [0.25, 0.3) is 11.1 Å². The number of benzene rings is 1. The first kappa shape index (κ1) is 32.8. The van der Waals surface area contributed by atoms with E-state index in [0.29, 0.717) is 5.69 Å². The zero-order valence-corrected chi connectivity index (χ0v) is 22.8. The molecule has 2 fully saturated rings. The third-order valence-corrected chi connectivity index (χ3v) is 7.31. The minimum atomic E-state index is -5.08. The Kier molecular flexibility index (Phi) is 9.86. The number of nitrogens with one attached hydrogen (secondary N) is 2. The molecule has 0 radical (unpaired) electrons. The molecular formula is C29H26F8N4O3. The standard InChI is InChI=1S/C27H25F5N4O.C2HF3O2/c28-17-3-4-20(29)19(13-17)18-7-11-34-23(15-5-8-27(31,32)9-6-15)24(18)36-26(37)16-12-21(30)25(35-14-16)22-2-1-10-33-22;3-2(4,5)1(6)7/h3-4,7,11-15,22,33H,1-2,5-6,8-10H2,(H,36,37);(H,6,7). The van der Waals surface area contributed by atoms with E-state index in [-0.39, 0.29) is 59.8 Å². The van der Waals surface area contributed by atoms with Crippen LogP contribution in [-0.4, -0.2) is 45.6 Å². The molecule has 5 rings (SSSR count). The maximum Gasteiger partial charge on any atom is 0.490 e. The first-order valence-corrected chi connectivity index (χ1v) is 13.5. The molecule has 44 heavy (non-hydrogen) atoms. The van der Waals surface area contributed by atoms with Gasteiger partial charge in [0.2, 0.25) is 5.92 Å². The summed E-state index contributed by atoms with van der Waals surface area (Å²) in [6.45, 7) is 0.754. The molecule has 1 aliphatic heterocycles. The molecule has 3 heterocycles. The van der Waals surface area contributed by atoms with Gasteiger partial charge >= 0.3 is 12.1 Å². The molecule has 1 saturated heterocycles. The van der Waals surface area contributed by atoms with Crippen LogP contribution in [0, 0.1) is 17.5 Å². The van der Waals surface area contributed by atoms with Crippen molar-refractivity contribution in [2.24, 2.45) is 0 Å². The average molecular weight is 631 g/mol. The molecule has 3 aromatic rings. The van der Waals surface area contributed by atoms with Gasteiger partial charge in [0.15, 0.2) is 0 Å². The lowest BCUT2D eigenvalue weighted by molar-refractivity contribution is -0.192. The van der Waals surface area contributed by atoms with Gasteiger partial charge in [-0.1, -0.05) is 0 Å². The van der Waals surface area contributed by atoms with Crippen LogP contribution in [0.1, 0.15) is 72.2 Å². The van der Waals surface area contributed by atoms with Gasteiger partial charge in [0.1, 0.15) is 17.5 Å². The average Bonchev–Trinajstić information content (AvgIpc) is 3.49. The maximum absolute atomic E-state index is 14.8. The van der Waals surface area contributed by atoms with Crippen LogP contribution in [0.3, 0.4) is 0 Å². The largest absolute Gasteiger partial charge is 0.490 e. The van der Waals surface area contributed by atoms with Crippen molar-refractivity contribution in [3.63, 3.8) is 0 Å². The fourth-order valence-electron chi connectivity index (χ4n) is 5.09.